The van der Waals surface area contributed by atoms with Gasteiger partial charge in [-0.1, -0.05) is 11.6 Å². The number of ether oxygens (including phenoxy) is 2. The normalized spacial score (nSPS) is 9.69. The van der Waals surface area contributed by atoms with Crippen molar-refractivity contribution in [1.29, 1.82) is 0 Å². The molecule has 0 spiro atoms. The lowest BCUT2D eigenvalue weighted by molar-refractivity contribution is 0.0612. The van der Waals surface area contributed by atoms with Gasteiger partial charge >= 0.3 is 6.16 Å². The van der Waals surface area contributed by atoms with Gasteiger partial charge in [0.05, 0.1) is 12.0 Å². The molecule has 0 aliphatic heterocycles. The van der Waals surface area contributed by atoms with Crippen molar-refractivity contribution in [2.75, 3.05) is 6.07 Å². The van der Waals surface area contributed by atoms with Crippen LogP contribution in [0.25, 0.3) is 0 Å². The van der Waals surface area contributed by atoms with Gasteiger partial charge in [0.15, 0.2) is 6.07 Å². The van der Waals surface area contributed by atoms with Crippen LogP contribution >= 0.6 is 11.6 Å². The zero-order valence-electron chi connectivity index (χ0n) is 7.07. The van der Waals surface area contributed by atoms with E-state index in [-0.39, 0.29) is 12.7 Å². The fourth-order valence-electron chi connectivity index (χ4n) is 0.761. The smallest absolute Gasteiger partial charge is 0.428 e. The Kier molecular flexibility index (Phi) is 3.57. The van der Waals surface area contributed by atoms with Crippen molar-refractivity contribution in [2.45, 2.75) is 6.61 Å². The minimum atomic E-state index is -0.791. The molecular weight excluding hydrogens is 196 g/mol. The molecule has 72 valence electrons. The number of imidazole rings is 1. The molecule has 0 fully saturated rings. The van der Waals surface area contributed by atoms with Gasteiger partial charge in [0.2, 0.25) is 0 Å². The Morgan fingerprint density at radius 1 is 1.69 bits per heavy atom. The van der Waals surface area contributed by atoms with Crippen molar-refractivity contribution >= 4 is 17.8 Å². The number of hydrogen-bond donors (Lipinski definition) is 0. The number of rotatable bonds is 3. The number of aryl methyl sites for hydroxylation is 1. The molecule has 13 heavy (non-hydrogen) atoms. The molecule has 0 amide bonds. The average molecular weight is 205 g/mol. The number of aromatic nitrogens is 2. The Balaban J connectivity index is 2.30. The summed E-state index contributed by atoms with van der Waals surface area (Å²) in [6.45, 7) is 0.0938. The van der Waals surface area contributed by atoms with Crippen LogP contribution in [-0.4, -0.2) is 21.8 Å². The minimum absolute atomic E-state index is 0.0938. The van der Waals surface area contributed by atoms with E-state index in [4.69, 9.17) is 11.6 Å². The van der Waals surface area contributed by atoms with Crippen molar-refractivity contribution < 1.29 is 14.3 Å². The molecule has 6 heteroatoms. The summed E-state index contributed by atoms with van der Waals surface area (Å²) in [7, 11) is 1.83. The van der Waals surface area contributed by atoms with Crippen molar-refractivity contribution in [2.24, 2.45) is 7.05 Å². The first-order chi connectivity index (χ1) is 6.22. The van der Waals surface area contributed by atoms with Gasteiger partial charge < -0.3 is 14.0 Å². The summed E-state index contributed by atoms with van der Waals surface area (Å²) in [5.41, 5.74) is 0.661. The van der Waals surface area contributed by atoms with Gasteiger partial charge in [-0.15, -0.1) is 0 Å². The molecule has 0 bridgehead atoms. The molecule has 0 saturated carbocycles. The predicted octanol–water partition coefficient (Wildman–Crippen LogP) is 1.27. The third-order valence-corrected chi connectivity index (χ3v) is 1.38. The van der Waals surface area contributed by atoms with Gasteiger partial charge in [0, 0.05) is 13.2 Å². The second kappa shape index (κ2) is 4.71. The molecule has 0 aromatic carbocycles. The monoisotopic (exact) mass is 204 g/mol. The standard InChI is InChI=1S/C7H9ClN2O3/c1-10-2-6(9-5-10)3-12-7(11)13-4-8/h2,5H,3-4H2,1H3. The van der Waals surface area contributed by atoms with Crippen LogP contribution in [0.3, 0.4) is 0 Å². The average Bonchev–Trinajstić information content (AvgIpc) is 2.49. The summed E-state index contributed by atoms with van der Waals surface area (Å²) in [4.78, 5) is 14.6. The van der Waals surface area contributed by atoms with Crippen LogP contribution in [-0.2, 0) is 23.1 Å². The van der Waals surface area contributed by atoms with Gasteiger partial charge in [-0.25, -0.2) is 9.78 Å². The van der Waals surface area contributed by atoms with Crippen LogP contribution < -0.4 is 0 Å². The summed E-state index contributed by atoms with van der Waals surface area (Å²) in [5.74, 6) is 0. The van der Waals surface area contributed by atoms with Crippen molar-refractivity contribution in [3.8, 4) is 0 Å². The van der Waals surface area contributed by atoms with E-state index in [1.165, 1.54) is 0 Å². The second-order valence-electron chi connectivity index (χ2n) is 2.32. The van der Waals surface area contributed by atoms with Crippen LogP contribution in [0.4, 0.5) is 4.79 Å². The highest BCUT2D eigenvalue weighted by Gasteiger charge is 2.04. The zero-order valence-corrected chi connectivity index (χ0v) is 7.82. The van der Waals surface area contributed by atoms with Crippen LogP contribution in [0.5, 0.6) is 0 Å². The zero-order chi connectivity index (χ0) is 9.68. The van der Waals surface area contributed by atoms with Gasteiger partial charge in [-0.2, -0.15) is 0 Å². The molecule has 5 nitrogen and oxygen atoms in total. The summed E-state index contributed by atoms with van der Waals surface area (Å²) < 4.78 is 10.8. The Bertz CT molecular complexity index is 287. The number of carbonyl (C=O) groups is 1. The highest BCUT2D eigenvalue weighted by molar-refractivity contribution is 6.17. The highest BCUT2D eigenvalue weighted by Crippen LogP contribution is 1.98. The van der Waals surface area contributed by atoms with Crippen LogP contribution in [0.15, 0.2) is 12.5 Å². The summed E-state index contributed by atoms with van der Waals surface area (Å²) in [6, 6.07) is -0.207. The third kappa shape index (κ3) is 3.33. The SMILES string of the molecule is Cn1cnc(COC(=O)OCCl)c1. The topological polar surface area (TPSA) is 53.4 Å². The van der Waals surface area contributed by atoms with E-state index in [2.05, 4.69) is 14.5 Å². The molecule has 0 aliphatic rings. The minimum Gasteiger partial charge on any atom is -0.428 e. The third-order valence-electron chi connectivity index (χ3n) is 1.27. The lowest BCUT2D eigenvalue weighted by Gasteiger charge is -2.00. The molecule has 0 unspecified atom stereocenters. The van der Waals surface area contributed by atoms with Crippen molar-refractivity contribution in [3.63, 3.8) is 0 Å². The molecular formula is C7H9ClN2O3. The molecule has 1 rings (SSSR count). The van der Waals surface area contributed by atoms with Crippen LogP contribution in [0, 0.1) is 0 Å². The van der Waals surface area contributed by atoms with E-state index in [0.29, 0.717) is 5.69 Å². The van der Waals surface area contributed by atoms with Crippen LogP contribution in [0.1, 0.15) is 5.69 Å². The molecule has 1 heterocycles. The van der Waals surface area contributed by atoms with E-state index in [9.17, 15) is 4.79 Å². The van der Waals surface area contributed by atoms with Crippen molar-refractivity contribution in [1.82, 2.24) is 9.55 Å². The quantitative estimate of drug-likeness (QED) is 0.550. The number of nitrogens with zero attached hydrogens (tertiary/aromatic N) is 2. The molecule has 0 N–H and O–H groups in total. The first-order valence-corrected chi connectivity index (χ1v) is 4.08. The lowest BCUT2D eigenvalue weighted by atomic mass is 10.5. The number of halogens is 1. The molecule has 1 aromatic heterocycles. The molecule has 0 atom stereocenters. The Morgan fingerprint density at radius 2 is 2.46 bits per heavy atom. The van der Waals surface area contributed by atoms with E-state index in [1.54, 1.807) is 17.1 Å². The van der Waals surface area contributed by atoms with Gasteiger partial charge in [-0.3, -0.25) is 0 Å². The van der Waals surface area contributed by atoms with Gasteiger partial charge in [-0.05, 0) is 0 Å². The maximum absolute atomic E-state index is 10.7. The Morgan fingerprint density at radius 3 is 3.00 bits per heavy atom. The maximum atomic E-state index is 10.7. The van der Waals surface area contributed by atoms with Crippen LogP contribution in [0.2, 0.25) is 0 Å². The molecule has 0 aliphatic carbocycles. The number of alkyl halides is 1. The summed E-state index contributed by atoms with van der Waals surface area (Å²) in [5, 5.41) is 0. The fourth-order valence-corrected chi connectivity index (χ4v) is 0.850. The van der Waals surface area contributed by atoms with E-state index in [1.807, 2.05) is 7.05 Å². The fraction of sp³-hybridized carbons (Fsp3) is 0.429. The molecule has 0 radical (unpaired) electrons. The Labute approximate surface area is 80.2 Å². The van der Waals surface area contributed by atoms with Gasteiger partial charge in [0.25, 0.3) is 0 Å². The van der Waals surface area contributed by atoms with Gasteiger partial charge in [0.1, 0.15) is 6.61 Å². The predicted molar refractivity (Wildman–Crippen MR) is 45.2 cm³/mol. The number of hydrogen-bond acceptors (Lipinski definition) is 4. The van der Waals surface area contributed by atoms with E-state index in [0.717, 1.165) is 0 Å². The highest BCUT2D eigenvalue weighted by atomic mass is 35.5. The Hall–Kier alpha value is -1.23. The first-order valence-electron chi connectivity index (χ1n) is 3.54. The molecule has 0 saturated heterocycles. The first kappa shape index (κ1) is 9.85. The van der Waals surface area contributed by atoms with E-state index < -0.39 is 6.16 Å². The van der Waals surface area contributed by atoms with Crippen molar-refractivity contribution in [3.05, 3.63) is 18.2 Å². The number of carbonyl (C=O) groups excluding carboxylic acids is 1. The lowest BCUT2D eigenvalue weighted by Crippen LogP contribution is -2.06. The molecule has 1 aromatic rings. The second-order valence-corrected chi connectivity index (χ2v) is 2.54. The summed E-state index contributed by atoms with van der Waals surface area (Å²) >= 11 is 5.14. The maximum Gasteiger partial charge on any atom is 0.509 e. The largest absolute Gasteiger partial charge is 0.509 e. The summed E-state index contributed by atoms with van der Waals surface area (Å²) in [6.07, 6.45) is 2.57. The van der Waals surface area contributed by atoms with E-state index >= 15 is 0 Å².